The summed E-state index contributed by atoms with van der Waals surface area (Å²) in [6.07, 6.45) is 3.61. The zero-order chi connectivity index (χ0) is 15.4. The predicted molar refractivity (Wildman–Crippen MR) is 85.0 cm³/mol. The van der Waals surface area contributed by atoms with Crippen molar-refractivity contribution >= 4 is 29.3 Å². The van der Waals surface area contributed by atoms with E-state index in [-0.39, 0.29) is 11.7 Å². The molecule has 0 aromatic heterocycles. The number of unbranched alkanes of at least 4 members (excludes halogenated alkanes) is 1. The molecule has 2 rings (SSSR count). The maximum atomic E-state index is 12.3. The van der Waals surface area contributed by atoms with Crippen molar-refractivity contribution in [2.24, 2.45) is 0 Å². The second-order valence-corrected chi connectivity index (χ2v) is 5.12. The van der Waals surface area contributed by atoms with Crippen LogP contribution in [0, 0.1) is 0 Å². The van der Waals surface area contributed by atoms with Crippen LogP contribution in [0.25, 0.3) is 6.08 Å². The first-order chi connectivity index (χ1) is 10.1. The molecular weight excluding hydrogens is 288 g/mol. The first-order valence-corrected chi connectivity index (χ1v) is 7.19. The summed E-state index contributed by atoms with van der Waals surface area (Å²) in [5.41, 5.74) is 1.18. The number of amides is 1. The molecular formula is C15H18N2O3S. The molecule has 0 radical (unpaired) electrons. The van der Waals surface area contributed by atoms with Crippen LogP contribution in [0.15, 0.2) is 23.9 Å². The molecule has 1 amide bonds. The average molecular weight is 306 g/mol. The van der Waals surface area contributed by atoms with Crippen LogP contribution in [0.5, 0.6) is 11.5 Å². The number of carbonyl (C=O) groups is 1. The van der Waals surface area contributed by atoms with Crippen molar-refractivity contribution in [2.75, 3.05) is 13.7 Å². The van der Waals surface area contributed by atoms with Gasteiger partial charge in [0.15, 0.2) is 16.6 Å². The van der Waals surface area contributed by atoms with Gasteiger partial charge in [0.2, 0.25) is 0 Å². The number of nitrogens with one attached hydrogen (secondary N) is 1. The van der Waals surface area contributed by atoms with Crippen LogP contribution < -0.4 is 10.1 Å². The molecule has 0 bridgehead atoms. The topological polar surface area (TPSA) is 61.8 Å². The van der Waals surface area contributed by atoms with Gasteiger partial charge in [0.05, 0.1) is 7.11 Å². The Bertz CT molecular complexity index is 599. The fraction of sp³-hybridized carbons (Fsp3) is 0.333. The van der Waals surface area contributed by atoms with E-state index in [9.17, 15) is 9.90 Å². The molecule has 1 heterocycles. The van der Waals surface area contributed by atoms with Crippen LogP contribution in [0.3, 0.4) is 0 Å². The summed E-state index contributed by atoms with van der Waals surface area (Å²) in [6, 6.07) is 4.89. The number of aromatic hydroxyl groups is 1. The molecule has 0 unspecified atom stereocenters. The Balaban J connectivity index is 2.22. The lowest BCUT2D eigenvalue weighted by Crippen LogP contribution is -2.31. The molecule has 0 aliphatic carbocycles. The molecule has 1 aromatic rings. The monoisotopic (exact) mass is 306 g/mol. The molecule has 1 fully saturated rings. The highest BCUT2D eigenvalue weighted by molar-refractivity contribution is 7.80. The van der Waals surface area contributed by atoms with E-state index in [1.807, 2.05) is 0 Å². The Morgan fingerprint density at radius 2 is 2.24 bits per heavy atom. The molecule has 1 aliphatic heterocycles. The summed E-state index contributed by atoms with van der Waals surface area (Å²) < 4.78 is 5.05. The highest BCUT2D eigenvalue weighted by atomic mass is 32.1. The third-order valence-corrected chi connectivity index (χ3v) is 3.53. The van der Waals surface area contributed by atoms with E-state index >= 15 is 0 Å². The molecule has 5 nitrogen and oxygen atoms in total. The zero-order valence-electron chi connectivity index (χ0n) is 12.0. The number of phenols is 1. The lowest BCUT2D eigenvalue weighted by molar-refractivity contribution is -0.122. The van der Waals surface area contributed by atoms with Crippen molar-refractivity contribution in [1.29, 1.82) is 0 Å². The van der Waals surface area contributed by atoms with E-state index in [4.69, 9.17) is 17.0 Å². The third-order valence-electron chi connectivity index (χ3n) is 3.21. The Kier molecular flexibility index (Phi) is 4.80. The second kappa shape index (κ2) is 6.58. The maximum Gasteiger partial charge on any atom is 0.276 e. The van der Waals surface area contributed by atoms with Gasteiger partial charge in [0.25, 0.3) is 5.91 Å². The van der Waals surface area contributed by atoms with Gasteiger partial charge in [0, 0.05) is 6.54 Å². The number of phenolic OH excluding ortho intramolecular Hbond substituents is 1. The molecule has 2 N–H and O–H groups in total. The normalized spacial score (nSPS) is 16.5. The molecule has 1 aliphatic rings. The van der Waals surface area contributed by atoms with Gasteiger partial charge < -0.3 is 15.2 Å². The molecule has 0 atom stereocenters. The summed E-state index contributed by atoms with van der Waals surface area (Å²) in [4.78, 5) is 13.8. The van der Waals surface area contributed by atoms with Crippen molar-refractivity contribution in [1.82, 2.24) is 10.2 Å². The number of hydrogen-bond acceptors (Lipinski definition) is 4. The highest BCUT2D eigenvalue weighted by Gasteiger charge is 2.29. The van der Waals surface area contributed by atoms with E-state index in [1.54, 1.807) is 23.1 Å². The SMILES string of the molecule is CCCCN1C(=O)/C(=C\c2ccc(O)c(OC)c2)NC1=S. The Hall–Kier alpha value is -2.08. The first kappa shape index (κ1) is 15.3. The summed E-state index contributed by atoms with van der Waals surface area (Å²) in [7, 11) is 1.48. The van der Waals surface area contributed by atoms with Crippen LogP contribution in [0.4, 0.5) is 0 Å². The molecule has 112 valence electrons. The minimum atomic E-state index is -0.125. The number of ether oxygens (including phenoxy) is 1. The molecule has 21 heavy (non-hydrogen) atoms. The number of methoxy groups -OCH3 is 1. The van der Waals surface area contributed by atoms with Crippen molar-refractivity contribution < 1.29 is 14.6 Å². The van der Waals surface area contributed by atoms with Gasteiger partial charge in [-0.3, -0.25) is 9.69 Å². The van der Waals surface area contributed by atoms with Gasteiger partial charge in [-0.25, -0.2) is 0 Å². The molecule has 1 aromatic carbocycles. The minimum absolute atomic E-state index is 0.0606. The highest BCUT2D eigenvalue weighted by Crippen LogP contribution is 2.27. The van der Waals surface area contributed by atoms with Crippen LogP contribution >= 0.6 is 12.2 Å². The van der Waals surface area contributed by atoms with Crippen molar-refractivity contribution in [3.05, 3.63) is 29.5 Å². The fourth-order valence-corrected chi connectivity index (χ4v) is 2.33. The number of nitrogens with zero attached hydrogens (tertiary/aromatic N) is 1. The van der Waals surface area contributed by atoms with Crippen LogP contribution in [0.1, 0.15) is 25.3 Å². The fourth-order valence-electron chi connectivity index (χ4n) is 2.04. The second-order valence-electron chi connectivity index (χ2n) is 4.73. The molecule has 0 spiro atoms. The Labute approximate surface area is 129 Å². The van der Waals surface area contributed by atoms with Crippen molar-refractivity contribution in [3.63, 3.8) is 0 Å². The summed E-state index contributed by atoms with van der Waals surface area (Å²) in [5, 5.41) is 12.9. The van der Waals surface area contributed by atoms with Crippen molar-refractivity contribution in [3.8, 4) is 11.5 Å². The van der Waals surface area contributed by atoms with Gasteiger partial charge in [-0.15, -0.1) is 0 Å². The largest absolute Gasteiger partial charge is 0.504 e. The summed E-state index contributed by atoms with van der Waals surface area (Å²) in [5.74, 6) is 0.297. The number of rotatable bonds is 5. The van der Waals surface area contributed by atoms with E-state index in [0.29, 0.717) is 23.1 Å². The van der Waals surface area contributed by atoms with Gasteiger partial charge in [-0.1, -0.05) is 19.4 Å². The van der Waals surface area contributed by atoms with Gasteiger partial charge in [-0.05, 0) is 42.4 Å². The van der Waals surface area contributed by atoms with E-state index < -0.39 is 0 Å². The number of carbonyl (C=O) groups excluding carboxylic acids is 1. The summed E-state index contributed by atoms with van der Waals surface area (Å²) >= 11 is 5.18. The minimum Gasteiger partial charge on any atom is -0.504 e. The lowest BCUT2D eigenvalue weighted by Gasteiger charge is -2.12. The standard InChI is InChI=1S/C15H18N2O3S/c1-3-4-7-17-14(19)11(16-15(17)21)8-10-5-6-12(18)13(9-10)20-2/h5-6,8-9,18H,3-4,7H2,1-2H3,(H,16,21)/b11-8+. The smallest absolute Gasteiger partial charge is 0.276 e. The number of benzene rings is 1. The van der Waals surface area contributed by atoms with E-state index in [0.717, 1.165) is 18.4 Å². The quantitative estimate of drug-likeness (QED) is 0.645. The van der Waals surface area contributed by atoms with Gasteiger partial charge >= 0.3 is 0 Å². The summed E-state index contributed by atoms with van der Waals surface area (Å²) in [6.45, 7) is 2.69. The third kappa shape index (κ3) is 3.33. The van der Waals surface area contributed by atoms with E-state index in [1.165, 1.54) is 13.2 Å². The number of thiocarbonyl (C=S) groups is 1. The lowest BCUT2D eigenvalue weighted by atomic mass is 10.1. The van der Waals surface area contributed by atoms with Crippen LogP contribution in [-0.4, -0.2) is 34.7 Å². The van der Waals surface area contributed by atoms with Gasteiger partial charge in [-0.2, -0.15) is 0 Å². The Morgan fingerprint density at radius 1 is 1.48 bits per heavy atom. The zero-order valence-corrected chi connectivity index (χ0v) is 12.9. The molecule has 6 heteroatoms. The van der Waals surface area contributed by atoms with E-state index in [2.05, 4.69) is 12.2 Å². The average Bonchev–Trinajstić information content (AvgIpc) is 2.73. The first-order valence-electron chi connectivity index (χ1n) is 6.78. The maximum absolute atomic E-state index is 12.3. The number of hydrogen-bond donors (Lipinski definition) is 2. The Morgan fingerprint density at radius 3 is 2.90 bits per heavy atom. The predicted octanol–water partition coefficient (Wildman–Crippen LogP) is 2.26. The molecule has 0 saturated carbocycles. The van der Waals surface area contributed by atoms with Crippen molar-refractivity contribution in [2.45, 2.75) is 19.8 Å². The van der Waals surface area contributed by atoms with Crippen LogP contribution in [0.2, 0.25) is 0 Å². The molecule has 1 saturated heterocycles. The van der Waals surface area contributed by atoms with Gasteiger partial charge in [0.1, 0.15) is 5.70 Å². The van der Waals surface area contributed by atoms with Crippen LogP contribution in [-0.2, 0) is 4.79 Å².